The zero-order valence-corrected chi connectivity index (χ0v) is 11.5. The molecule has 1 aromatic rings. The van der Waals surface area contributed by atoms with Crippen LogP contribution in [-0.4, -0.2) is 31.0 Å². The Morgan fingerprint density at radius 1 is 1.16 bits per heavy atom. The number of nitrogens with two attached hydrogens (primary N) is 1. The van der Waals surface area contributed by atoms with Crippen molar-refractivity contribution in [1.29, 1.82) is 0 Å². The second-order valence-corrected chi connectivity index (χ2v) is 4.98. The molecule has 1 amide bonds. The van der Waals surface area contributed by atoms with E-state index in [9.17, 15) is 4.79 Å². The SMILES string of the molecule is COc1cccc(C(=O)N2CCCCCCC2)c1N. The van der Waals surface area contributed by atoms with Gasteiger partial charge in [-0.25, -0.2) is 0 Å². The summed E-state index contributed by atoms with van der Waals surface area (Å²) in [6.45, 7) is 1.66. The summed E-state index contributed by atoms with van der Waals surface area (Å²) in [6, 6.07) is 5.37. The van der Waals surface area contributed by atoms with E-state index in [1.807, 2.05) is 11.0 Å². The van der Waals surface area contributed by atoms with Crippen molar-refractivity contribution in [1.82, 2.24) is 4.90 Å². The predicted octanol–water partition coefficient (Wildman–Crippen LogP) is 2.68. The van der Waals surface area contributed by atoms with Gasteiger partial charge >= 0.3 is 0 Å². The van der Waals surface area contributed by atoms with E-state index in [4.69, 9.17) is 10.5 Å². The van der Waals surface area contributed by atoms with Crippen LogP contribution < -0.4 is 10.5 Å². The van der Waals surface area contributed by atoms with Crippen molar-refractivity contribution >= 4 is 11.6 Å². The molecule has 0 spiro atoms. The number of carbonyl (C=O) groups is 1. The fraction of sp³-hybridized carbons (Fsp3) is 0.533. The Kier molecular flexibility index (Phi) is 4.66. The van der Waals surface area contributed by atoms with Crippen LogP contribution in [0.25, 0.3) is 0 Å². The van der Waals surface area contributed by atoms with Gasteiger partial charge in [0, 0.05) is 13.1 Å². The summed E-state index contributed by atoms with van der Waals surface area (Å²) in [7, 11) is 1.57. The van der Waals surface area contributed by atoms with E-state index in [1.54, 1.807) is 19.2 Å². The highest BCUT2D eigenvalue weighted by atomic mass is 16.5. The van der Waals surface area contributed by atoms with E-state index in [0.717, 1.165) is 25.9 Å². The summed E-state index contributed by atoms with van der Waals surface area (Å²) < 4.78 is 5.17. The first-order chi connectivity index (χ1) is 9.24. The molecule has 0 saturated carbocycles. The average molecular weight is 262 g/mol. The second kappa shape index (κ2) is 6.45. The molecular formula is C15H22N2O2. The van der Waals surface area contributed by atoms with E-state index in [0.29, 0.717) is 17.0 Å². The molecular weight excluding hydrogens is 240 g/mol. The van der Waals surface area contributed by atoms with Gasteiger partial charge in [-0.05, 0) is 25.0 Å². The number of likely N-dealkylation sites (tertiary alicyclic amines) is 1. The van der Waals surface area contributed by atoms with Crippen LogP contribution in [0, 0.1) is 0 Å². The van der Waals surface area contributed by atoms with Gasteiger partial charge in [0.2, 0.25) is 0 Å². The van der Waals surface area contributed by atoms with Crippen molar-refractivity contribution in [3.63, 3.8) is 0 Å². The monoisotopic (exact) mass is 262 g/mol. The molecule has 0 atom stereocenters. The molecule has 1 aromatic carbocycles. The van der Waals surface area contributed by atoms with Gasteiger partial charge in [-0.2, -0.15) is 0 Å². The van der Waals surface area contributed by atoms with E-state index >= 15 is 0 Å². The van der Waals surface area contributed by atoms with Crippen molar-refractivity contribution in [3.8, 4) is 5.75 Å². The summed E-state index contributed by atoms with van der Waals surface area (Å²) in [5.41, 5.74) is 7.00. The zero-order chi connectivity index (χ0) is 13.7. The topological polar surface area (TPSA) is 55.6 Å². The normalized spacial score (nSPS) is 16.6. The van der Waals surface area contributed by atoms with Crippen LogP contribution in [0.3, 0.4) is 0 Å². The third-order valence-electron chi connectivity index (χ3n) is 3.66. The Morgan fingerprint density at radius 2 is 1.79 bits per heavy atom. The molecule has 1 fully saturated rings. The third-order valence-corrected chi connectivity index (χ3v) is 3.66. The summed E-state index contributed by atoms with van der Waals surface area (Å²) >= 11 is 0. The second-order valence-electron chi connectivity index (χ2n) is 4.98. The maximum Gasteiger partial charge on any atom is 0.256 e. The molecule has 2 rings (SSSR count). The summed E-state index contributed by atoms with van der Waals surface area (Å²) in [4.78, 5) is 14.5. The van der Waals surface area contributed by atoms with Crippen molar-refractivity contribution < 1.29 is 9.53 Å². The molecule has 1 aliphatic heterocycles. The number of benzene rings is 1. The molecule has 4 nitrogen and oxygen atoms in total. The van der Waals surface area contributed by atoms with Crippen LogP contribution in [0.5, 0.6) is 5.75 Å². The number of para-hydroxylation sites is 1. The Labute approximate surface area is 114 Å². The van der Waals surface area contributed by atoms with E-state index in [2.05, 4.69) is 0 Å². The molecule has 0 bridgehead atoms. The Hall–Kier alpha value is -1.71. The Balaban J connectivity index is 2.17. The van der Waals surface area contributed by atoms with Gasteiger partial charge in [0.05, 0.1) is 18.4 Å². The molecule has 1 aliphatic rings. The summed E-state index contributed by atoms with van der Waals surface area (Å²) in [6.07, 6.45) is 5.85. The number of hydrogen-bond acceptors (Lipinski definition) is 3. The lowest BCUT2D eigenvalue weighted by molar-refractivity contribution is 0.0743. The van der Waals surface area contributed by atoms with E-state index in [1.165, 1.54) is 19.3 Å². The van der Waals surface area contributed by atoms with Crippen LogP contribution in [0.15, 0.2) is 18.2 Å². The minimum Gasteiger partial charge on any atom is -0.495 e. The third kappa shape index (κ3) is 3.19. The fourth-order valence-electron chi connectivity index (χ4n) is 2.53. The number of hydrogen-bond donors (Lipinski definition) is 1. The fourth-order valence-corrected chi connectivity index (χ4v) is 2.53. The number of ether oxygens (including phenoxy) is 1. The highest BCUT2D eigenvalue weighted by molar-refractivity contribution is 6.00. The van der Waals surface area contributed by atoms with Crippen LogP contribution >= 0.6 is 0 Å². The van der Waals surface area contributed by atoms with Gasteiger partial charge in [-0.3, -0.25) is 4.79 Å². The van der Waals surface area contributed by atoms with Gasteiger partial charge in [0.25, 0.3) is 5.91 Å². The van der Waals surface area contributed by atoms with Crippen molar-refractivity contribution in [2.24, 2.45) is 0 Å². The highest BCUT2D eigenvalue weighted by Crippen LogP contribution is 2.26. The first kappa shape index (κ1) is 13.7. The summed E-state index contributed by atoms with van der Waals surface area (Å²) in [5.74, 6) is 0.594. The molecule has 0 unspecified atom stereocenters. The van der Waals surface area contributed by atoms with Crippen LogP contribution in [-0.2, 0) is 0 Å². The molecule has 0 aliphatic carbocycles. The first-order valence-electron chi connectivity index (χ1n) is 6.96. The summed E-state index contributed by atoms with van der Waals surface area (Å²) in [5, 5.41) is 0. The zero-order valence-electron chi connectivity index (χ0n) is 11.5. The predicted molar refractivity (Wildman–Crippen MR) is 76.4 cm³/mol. The number of rotatable bonds is 2. The highest BCUT2D eigenvalue weighted by Gasteiger charge is 2.20. The van der Waals surface area contributed by atoms with Crippen LogP contribution in [0.2, 0.25) is 0 Å². The maximum atomic E-state index is 12.5. The Morgan fingerprint density at radius 3 is 2.42 bits per heavy atom. The van der Waals surface area contributed by atoms with Gasteiger partial charge in [-0.15, -0.1) is 0 Å². The Bertz CT molecular complexity index is 438. The lowest BCUT2D eigenvalue weighted by Crippen LogP contribution is -2.34. The molecule has 1 heterocycles. The molecule has 0 radical (unpaired) electrons. The van der Waals surface area contributed by atoms with E-state index < -0.39 is 0 Å². The number of nitrogens with zero attached hydrogens (tertiary/aromatic N) is 1. The van der Waals surface area contributed by atoms with Crippen molar-refractivity contribution in [2.75, 3.05) is 25.9 Å². The van der Waals surface area contributed by atoms with Crippen molar-refractivity contribution in [3.05, 3.63) is 23.8 Å². The van der Waals surface area contributed by atoms with E-state index in [-0.39, 0.29) is 5.91 Å². The van der Waals surface area contributed by atoms with Crippen molar-refractivity contribution in [2.45, 2.75) is 32.1 Å². The molecule has 19 heavy (non-hydrogen) atoms. The van der Waals surface area contributed by atoms with Gasteiger partial charge < -0.3 is 15.4 Å². The lowest BCUT2D eigenvalue weighted by Gasteiger charge is -2.25. The number of carbonyl (C=O) groups excluding carboxylic acids is 1. The largest absolute Gasteiger partial charge is 0.495 e. The lowest BCUT2D eigenvalue weighted by atomic mass is 10.1. The van der Waals surface area contributed by atoms with Gasteiger partial charge in [0.1, 0.15) is 5.75 Å². The average Bonchev–Trinajstić information content (AvgIpc) is 2.38. The molecule has 1 saturated heterocycles. The standard InChI is InChI=1S/C15H22N2O2/c1-19-13-9-7-8-12(14(13)16)15(18)17-10-5-3-2-4-6-11-17/h7-9H,2-6,10-11,16H2,1H3. The molecule has 4 heteroatoms. The minimum absolute atomic E-state index is 0.0262. The molecule has 2 N–H and O–H groups in total. The smallest absolute Gasteiger partial charge is 0.256 e. The maximum absolute atomic E-state index is 12.5. The van der Waals surface area contributed by atoms with Gasteiger partial charge in [-0.1, -0.05) is 25.3 Å². The number of anilines is 1. The number of methoxy groups -OCH3 is 1. The number of nitrogen functional groups attached to an aromatic ring is 1. The quantitative estimate of drug-likeness (QED) is 0.834. The molecule has 104 valence electrons. The first-order valence-corrected chi connectivity index (χ1v) is 6.96. The van der Waals surface area contributed by atoms with Crippen LogP contribution in [0.1, 0.15) is 42.5 Å². The minimum atomic E-state index is 0.0262. The van der Waals surface area contributed by atoms with Crippen LogP contribution in [0.4, 0.5) is 5.69 Å². The van der Waals surface area contributed by atoms with Gasteiger partial charge in [0.15, 0.2) is 0 Å². The molecule has 0 aromatic heterocycles. The number of amides is 1.